The van der Waals surface area contributed by atoms with Crippen LogP contribution in [0.5, 0.6) is 0 Å². The van der Waals surface area contributed by atoms with Gasteiger partial charge in [0.2, 0.25) is 0 Å². The van der Waals surface area contributed by atoms with Crippen molar-refractivity contribution in [1.29, 1.82) is 0 Å². The number of hydrogen-bond donors (Lipinski definition) is 1. The Morgan fingerprint density at radius 1 is 1.12 bits per heavy atom. The molecule has 4 heteroatoms. The molecular weight excluding hydrogens is 222 g/mol. The van der Waals surface area contributed by atoms with Gasteiger partial charge in [0.05, 0.1) is 5.75 Å². The molecule has 0 amide bonds. The van der Waals surface area contributed by atoms with E-state index in [4.69, 9.17) is 0 Å². The van der Waals surface area contributed by atoms with E-state index in [1.54, 1.807) is 0 Å². The van der Waals surface area contributed by atoms with Crippen molar-refractivity contribution in [3.8, 4) is 0 Å². The Balaban J connectivity index is 2.06. The van der Waals surface area contributed by atoms with Crippen molar-refractivity contribution in [2.45, 2.75) is 45.4 Å². The Bertz CT molecular complexity index is 269. The van der Waals surface area contributed by atoms with E-state index >= 15 is 0 Å². The van der Waals surface area contributed by atoms with Crippen LogP contribution in [0.25, 0.3) is 0 Å². The van der Waals surface area contributed by atoms with E-state index in [-0.39, 0.29) is 0 Å². The van der Waals surface area contributed by atoms with Crippen LogP contribution in [0.15, 0.2) is 0 Å². The standard InChI is InChI=1S/C12H25NO2S/c1-2-9-16(14,15)10-8-13-11-12-6-4-3-5-7-12/h12-13H,2-11H2,1H3. The first-order valence-electron chi connectivity index (χ1n) is 6.55. The van der Waals surface area contributed by atoms with Gasteiger partial charge in [-0.25, -0.2) is 8.42 Å². The van der Waals surface area contributed by atoms with Gasteiger partial charge < -0.3 is 5.32 Å². The number of nitrogens with one attached hydrogen (secondary N) is 1. The first-order valence-corrected chi connectivity index (χ1v) is 8.37. The van der Waals surface area contributed by atoms with Crippen molar-refractivity contribution in [2.75, 3.05) is 24.6 Å². The zero-order chi connectivity index (χ0) is 11.9. The normalized spacial score (nSPS) is 18.8. The molecule has 0 aromatic carbocycles. The molecule has 0 bridgehead atoms. The highest BCUT2D eigenvalue weighted by atomic mass is 32.2. The van der Waals surface area contributed by atoms with Gasteiger partial charge in [0, 0.05) is 12.3 Å². The number of rotatable bonds is 7. The van der Waals surface area contributed by atoms with Gasteiger partial charge >= 0.3 is 0 Å². The van der Waals surface area contributed by atoms with Crippen molar-refractivity contribution < 1.29 is 8.42 Å². The zero-order valence-corrected chi connectivity index (χ0v) is 11.2. The maximum atomic E-state index is 11.4. The second-order valence-corrected chi connectivity index (χ2v) is 7.16. The smallest absolute Gasteiger partial charge is 0.151 e. The molecule has 0 aromatic heterocycles. The molecule has 16 heavy (non-hydrogen) atoms. The highest BCUT2D eigenvalue weighted by Crippen LogP contribution is 2.22. The van der Waals surface area contributed by atoms with Gasteiger partial charge in [0.15, 0.2) is 9.84 Å². The fourth-order valence-corrected chi connectivity index (χ4v) is 3.62. The minimum atomic E-state index is -2.80. The van der Waals surface area contributed by atoms with Crippen LogP contribution in [0.2, 0.25) is 0 Å². The maximum Gasteiger partial charge on any atom is 0.151 e. The Morgan fingerprint density at radius 3 is 2.44 bits per heavy atom. The monoisotopic (exact) mass is 247 g/mol. The predicted octanol–water partition coefficient (Wildman–Crippen LogP) is 1.98. The lowest BCUT2D eigenvalue weighted by Crippen LogP contribution is -2.29. The van der Waals surface area contributed by atoms with Gasteiger partial charge in [-0.3, -0.25) is 0 Å². The van der Waals surface area contributed by atoms with Gasteiger partial charge in [0.25, 0.3) is 0 Å². The second kappa shape index (κ2) is 7.28. The first-order chi connectivity index (χ1) is 7.64. The Kier molecular flexibility index (Phi) is 6.36. The molecule has 0 atom stereocenters. The average Bonchev–Trinajstić information content (AvgIpc) is 2.26. The third kappa shape index (κ3) is 5.85. The van der Waals surface area contributed by atoms with Crippen LogP contribution >= 0.6 is 0 Å². The molecule has 1 rings (SSSR count). The molecule has 1 aliphatic carbocycles. The van der Waals surface area contributed by atoms with E-state index in [1.807, 2.05) is 6.92 Å². The van der Waals surface area contributed by atoms with Crippen molar-refractivity contribution >= 4 is 9.84 Å². The molecule has 0 saturated heterocycles. The second-order valence-electron chi connectivity index (χ2n) is 4.86. The van der Waals surface area contributed by atoms with Crippen LogP contribution in [0.4, 0.5) is 0 Å². The molecule has 1 N–H and O–H groups in total. The zero-order valence-electron chi connectivity index (χ0n) is 10.4. The molecular formula is C12H25NO2S. The van der Waals surface area contributed by atoms with Crippen LogP contribution in [-0.4, -0.2) is 33.0 Å². The van der Waals surface area contributed by atoms with E-state index in [0.29, 0.717) is 18.1 Å². The Labute approximate surface area is 99.9 Å². The lowest BCUT2D eigenvalue weighted by molar-refractivity contribution is 0.345. The van der Waals surface area contributed by atoms with Gasteiger partial charge in [-0.15, -0.1) is 0 Å². The van der Waals surface area contributed by atoms with Crippen molar-refractivity contribution in [1.82, 2.24) is 5.32 Å². The maximum absolute atomic E-state index is 11.4. The van der Waals surface area contributed by atoms with E-state index in [2.05, 4.69) is 5.32 Å². The summed E-state index contributed by atoms with van der Waals surface area (Å²) >= 11 is 0. The summed E-state index contributed by atoms with van der Waals surface area (Å²) in [5.74, 6) is 1.41. The van der Waals surface area contributed by atoms with Crippen LogP contribution in [0.3, 0.4) is 0 Å². The topological polar surface area (TPSA) is 46.2 Å². The highest BCUT2D eigenvalue weighted by Gasteiger charge is 2.13. The fourth-order valence-electron chi connectivity index (χ4n) is 2.34. The SMILES string of the molecule is CCCS(=O)(=O)CCNCC1CCCCC1. The van der Waals surface area contributed by atoms with E-state index in [9.17, 15) is 8.42 Å². The molecule has 0 spiro atoms. The lowest BCUT2D eigenvalue weighted by atomic mass is 9.89. The summed E-state index contributed by atoms with van der Waals surface area (Å²) in [7, 11) is -2.80. The summed E-state index contributed by atoms with van der Waals surface area (Å²) in [5, 5.41) is 3.29. The molecule has 0 aromatic rings. The molecule has 0 aliphatic heterocycles. The summed E-state index contributed by atoms with van der Waals surface area (Å²) in [6.45, 7) is 3.54. The van der Waals surface area contributed by atoms with Crippen molar-refractivity contribution in [3.63, 3.8) is 0 Å². The molecule has 1 aliphatic rings. The quantitative estimate of drug-likeness (QED) is 0.700. The van der Waals surface area contributed by atoms with Gasteiger partial charge in [0.1, 0.15) is 0 Å². The summed E-state index contributed by atoms with van der Waals surface area (Å²) in [4.78, 5) is 0. The van der Waals surface area contributed by atoms with Crippen LogP contribution < -0.4 is 5.32 Å². The Morgan fingerprint density at radius 2 is 1.81 bits per heavy atom. The summed E-state index contributed by atoms with van der Waals surface area (Å²) in [5.41, 5.74) is 0. The number of sulfone groups is 1. The molecule has 0 unspecified atom stereocenters. The van der Waals surface area contributed by atoms with Crippen molar-refractivity contribution in [2.24, 2.45) is 5.92 Å². The third-order valence-corrected chi connectivity index (χ3v) is 5.12. The highest BCUT2D eigenvalue weighted by molar-refractivity contribution is 7.91. The molecule has 3 nitrogen and oxygen atoms in total. The van der Waals surface area contributed by atoms with Gasteiger partial charge in [-0.1, -0.05) is 26.2 Å². The summed E-state index contributed by atoms with van der Waals surface area (Å²) < 4.78 is 22.9. The van der Waals surface area contributed by atoms with Crippen LogP contribution in [0, 0.1) is 5.92 Å². The molecule has 1 fully saturated rings. The first kappa shape index (κ1) is 14.0. The van der Waals surface area contributed by atoms with E-state index in [1.165, 1.54) is 32.1 Å². The molecule has 96 valence electrons. The van der Waals surface area contributed by atoms with Crippen LogP contribution in [-0.2, 0) is 9.84 Å². The third-order valence-electron chi connectivity index (χ3n) is 3.26. The Hall–Kier alpha value is -0.0900. The molecule has 0 heterocycles. The predicted molar refractivity (Wildman–Crippen MR) is 68.4 cm³/mol. The molecule has 0 radical (unpaired) electrons. The fraction of sp³-hybridized carbons (Fsp3) is 1.00. The minimum absolute atomic E-state index is 0.299. The minimum Gasteiger partial charge on any atom is -0.315 e. The molecule has 1 saturated carbocycles. The van der Waals surface area contributed by atoms with E-state index in [0.717, 1.165) is 18.9 Å². The lowest BCUT2D eigenvalue weighted by Gasteiger charge is -2.21. The number of hydrogen-bond acceptors (Lipinski definition) is 3. The van der Waals surface area contributed by atoms with E-state index < -0.39 is 9.84 Å². The van der Waals surface area contributed by atoms with Gasteiger partial charge in [-0.2, -0.15) is 0 Å². The van der Waals surface area contributed by atoms with Crippen molar-refractivity contribution in [3.05, 3.63) is 0 Å². The van der Waals surface area contributed by atoms with Crippen LogP contribution in [0.1, 0.15) is 45.4 Å². The average molecular weight is 247 g/mol. The summed E-state index contributed by atoms with van der Waals surface area (Å²) in [6.07, 6.45) is 7.43. The largest absolute Gasteiger partial charge is 0.315 e. The van der Waals surface area contributed by atoms with Gasteiger partial charge in [-0.05, 0) is 31.7 Å². The summed E-state index contributed by atoms with van der Waals surface area (Å²) in [6, 6.07) is 0.